The molecule has 90 valence electrons. The Labute approximate surface area is 93.2 Å². The summed E-state index contributed by atoms with van der Waals surface area (Å²) in [4.78, 5) is 0. The third-order valence-electron chi connectivity index (χ3n) is 3.17. The first kappa shape index (κ1) is 12.9. The molecule has 2 N–H and O–H groups in total. The third kappa shape index (κ3) is 4.96. The molecule has 3 heteroatoms. The highest BCUT2D eigenvalue weighted by Crippen LogP contribution is 2.26. The second-order valence-electron chi connectivity index (χ2n) is 4.60. The lowest BCUT2D eigenvalue weighted by atomic mass is 9.88. The summed E-state index contributed by atoms with van der Waals surface area (Å²) in [5.41, 5.74) is 0. The summed E-state index contributed by atoms with van der Waals surface area (Å²) in [5.74, 6) is 0.657. The van der Waals surface area contributed by atoms with Gasteiger partial charge >= 0.3 is 0 Å². The van der Waals surface area contributed by atoms with E-state index >= 15 is 0 Å². The minimum Gasteiger partial charge on any atom is -0.389 e. The lowest BCUT2D eigenvalue weighted by Gasteiger charge is -2.29. The molecule has 3 nitrogen and oxygen atoms in total. The SMILES string of the molecule is CCNCC(O)COC1CCCCC1C. The summed E-state index contributed by atoms with van der Waals surface area (Å²) in [5, 5.41) is 12.7. The van der Waals surface area contributed by atoms with Gasteiger partial charge in [0.05, 0.1) is 18.8 Å². The zero-order chi connectivity index (χ0) is 11.1. The van der Waals surface area contributed by atoms with Crippen molar-refractivity contribution < 1.29 is 9.84 Å². The molecular weight excluding hydrogens is 190 g/mol. The molecule has 0 aromatic rings. The van der Waals surface area contributed by atoms with Gasteiger partial charge < -0.3 is 15.2 Å². The first-order valence-electron chi connectivity index (χ1n) is 6.24. The fourth-order valence-electron chi connectivity index (χ4n) is 2.13. The van der Waals surface area contributed by atoms with Gasteiger partial charge in [-0.1, -0.05) is 26.7 Å². The average molecular weight is 215 g/mol. The summed E-state index contributed by atoms with van der Waals surface area (Å²) in [7, 11) is 0. The molecule has 0 bridgehead atoms. The van der Waals surface area contributed by atoms with E-state index in [2.05, 4.69) is 12.2 Å². The number of aliphatic hydroxyl groups excluding tert-OH is 1. The Hall–Kier alpha value is -0.120. The average Bonchev–Trinajstić information content (AvgIpc) is 2.25. The maximum absolute atomic E-state index is 9.61. The van der Waals surface area contributed by atoms with Crippen molar-refractivity contribution in [3.63, 3.8) is 0 Å². The van der Waals surface area contributed by atoms with Crippen molar-refractivity contribution in [2.24, 2.45) is 5.92 Å². The lowest BCUT2D eigenvalue weighted by Crippen LogP contribution is -2.34. The van der Waals surface area contributed by atoms with E-state index in [-0.39, 0.29) is 6.10 Å². The standard InChI is InChI=1S/C12H25NO2/c1-3-13-8-11(14)9-15-12-7-5-4-6-10(12)2/h10-14H,3-9H2,1-2H3. The Balaban J connectivity index is 2.11. The van der Waals surface area contributed by atoms with Crippen molar-refractivity contribution in [2.75, 3.05) is 19.7 Å². The van der Waals surface area contributed by atoms with E-state index in [9.17, 15) is 5.11 Å². The van der Waals surface area contributed by atoms with E-state index in [0.29, 0.717) is 25.2 Å². The highest BCUT2D eigenvalue weighted by atomic mass is 16.5. The zero-order valence-corrected chi connectivity index (χ0v) is 10.0. The molecule has 3 atom stereocenters. The maximum Gasteiger partial charge on any atom is 0.0897 e. The lowest BCUT2D eigenvalue weighted by molar-refractivity contribution is -0.0450. The van der Waals surface area contributed by atoms with Crippen LogP contribution in [0.4, 0.5) is 0 Å². The second kappa shape index (κ2) is 7.20. The minimum atomic E-state index is -0.362. The fraction of sp³-hybridized carbons (Fsp3) is 1.00. The van der Waals surface area contributed by atoms with E-state index in [4.69, 9.17) is 4.74 Å². The topological polar surface area (TPSA) is 41.5 Å². The van der Waals surface area contributed by atoms with Crippen LogP contribution in [0.5, 0.6) is 0 Å². The normalized spacial score (nSPS) is 29.0. The van der Waals surface area contributed by atoms with Crippen LogP contribution in [0.25, 0.3) is 0 Å². The molecule has 1 saturated carbocycles. The zero-order valence-electron chi connectivity index (χ0n) is 10.0. The largest absolute Gasteiger partial charge is 0.389 e. The number of likely N-dealkylation sites (N-methyl/N-ethyl adjacent to an activating group) is 1. The Morgan fingerprint density at radius 3 is 2.80 bits per heavy atom. The predicted octanol–water partition coefficient (Wildman–Crippen LogP) is 1.55. The molecule has 0 aromatic heterocycles. The molecule has 15 heavy (non-hydrogen) atoms. The van der Waals surface area contributed by atoms with E-state index in [1.807, 2.05) is 6.92 Å². The summed E-state index contributed by atoms with van der Waals surface area (Å²) in [6.45, 7) is 6.30. The van der Waals surface area contributed by atoms with Crippen LogP contribution in [-0.4, -0.2) is 37.0 Å². The van der Waals surface area contributed by atoms with Crippen LogP contribution in [0, 0.1) is 5.92 Å². The first-order valence-corrected chi connectivity index (χ1v) is 6.24. The van der Waals surface area contributed by atoms with E-state index in [1.165, 1.54) is 19.3 Å². The van der Waals surface area contributed by atoms with Gasteiger partial charge in [-0.15, -0.1) is 0 Å². The third-order valence-corrected chi connectivity index (χ3v) is 3.17. The van der Waals surface area contributed by atoms with Crippen molar-refractivity contribution in [1.82, 2.24) is 5.32 Å². The smallest absolute Gasteiger partial charge is 0.0897 e. The molecule has 0 heterocycles. The monoisotopic (exact) mass is 215 g/mol. The Bertz CT molecular complexity index is 164. The van der Waals surface area contributed by atoms with Crippen LogP contribution < -0.4 is 5.32 Å². The maximum atomic E-state index is 9.61. The molecule has 1 rings (SSSR count). The summed E-state index contributed by atoms with van der Waals surface area (Å²) in [6, 6.07) is 0. The molecule has 0 saturated heterocycles. The molecule has 0 radical (unpaired) electrons. The number of hydrogen-bond acceptors (Lipinski definition) is 3. The van der Waals surface area contributed by atoms with Crippen LogP contribution in [0.2, 0.25) is 0 Å². The van der Waals surface area contributed by atoms with Gasteiger partial charge in [-0.3, -0.25) is 0 Å². The van der Waals surface area contributed by atoms with Gasteiger partial charge in [0.2, 0.25) is 0 Å². The van der Waals surface area contributed by atoms with Crippen LogP contribution in [-0.2, 0) is 4.74 Å². The molecule has 0 aliphatic heterocycles. The number of hydrogen-bond donors (Lipinski definition) is 2. The molecular formula is C12H25NO2. The minimum absolute atomic E-state index is 0.362. The Morgan fingerprint density at radius 1 is 1.40 bits per heavy atom. The first-order chi connectivity index (χ1) is 7.24. The van der Waals surface area contributed by atoms with Gasteiger partial charge in [0, 0.05) is 6.54 Å². The van der Waals surface area contributed by atoms with E-state index in [0.717, 1.165) is 13.0 Å². The Morgan fingerprint density at radius 2 is 2.13 bits per heavy atom. The fourth-order valence-corrected chi connectivity index (χ4v) is 2.13. The molecule has 3 unspecified atom stereocenters. The van der Waals surface area contributed by atoms with Crippen molar-refractivity contribution in [1.29, 1.82) is 0 Å². The molecule has 0 amide bonds. The van der Waals surface area contributed by atoms with Crippen LogP contribution in [0.1, 0.15) is 39.5 Å². The van der Waals surface area contributed by atoms with Crippen molar-refractivity contribution >= 4 is 0 Å². The number of rotatable bonds is 6. The molecule has 0 aromatic carbocycles. The van der Waals surface area contributed by atoms with Gasteiger partial charge in [-0.25, -0.2) is 0 Å². The van der Waals surface area contributed by atoms with E-state index < -0.39 is 0 Å². The van der Waals surface area contributed by atoms with Crippen LogP contribution >= 0.6 is 0 Å². The van der Waals surface area contributed by atoms with Crippen molar-refractivity contribution in [2.45, 2.75) is 51.7 Å². The molecule has 0 spiro atoms. The highest BCUT2D eigenvalue weighted by molar-refractivity contribution is 4.73. The van der Waals surface area contributed by atoms with Crippen LogP contribution in [0.3, 0.4) is 0 Å². The summed E-state index contributed by atoms with van der Waals surface area (Å²) < 4.78 is 5.76. The van der Waals surface area contributed by atoms with Gasteiger partial charge in [-0.2, -0.15) is 0 Å². The number of aliphatic hydroxyl groups is 1. The van der Waals surface area contributed by atoms with Gasteiger partial charge in [0.1, 0.15) is 0 Å². The summed E-state index contributed by atoms with van der Waals surface area (Å²) >= 11 is 0. The Kier molecular flexibility index (Phi) is 6.22. The summed E-state index contributed by atoms with van der Waals surface area (Å²) in [6.07, 6.45) is 5.05. The van der Waals surface area contributed by atoms with Gasteiger partial charge in [0.25, 0.3) is 0 Å². The van der Waals surface area contributed by atoms with Gasteiger partial charge in [0.15, 0.2) is 0 Å². The number of nitrogens with one attached hydrogen (secondary N) is 1. The second-order valence-corrected chi connectivity index (χ2v) is 4.60. The highest BCUT2D eigenvalue weighted by Gasteiger charge is 2.22. The quantitative estimate of drug-likeness (QED) is 0.706. The van der Waals surface area contributed by atoms with Crippen molar-refractivity contribution in [3.8, 4) is 0 Å². The number of ether oxygens (including phenoxy) is 1. The van der Waals surface area contributed by atoms with Gasteiger partial charge in [-0.05, 0) is 25.3 Å². The van der Waals surface area contributed by atoms with Crippen molar-refractivity contribution in [3.05, 3.63) is 0 Å². The molecule has 1 aliphatic carbocycles. The molecule has 1 fully saturated rings. The predicted molar refractivity (Wildman–Crippen MR) is 61.9 cm³/mol. The van der Waals surface area contributed by atoms with E-state index in [1.54, 1.807) is 0 Å². The van der Waals surface area contributed by atoms with Crippen LogP contribution in [0.15, 0.2) is 0 Å². The molecule has 1 aliphatic rings.